The fraction of sp³-hybridized carbons (Fsp3) is 0.667. The second-order valence-corrected chi connectivity index (χ2v) is 4.58. The van der Waals surface area contributed by atoms with E-state index < -0.39 is 12.0 Å². The van der Waals surface area contributed by atoms with Gasteiger partial charge in [0.25, 0.3) is 0 Å². The standard InChI is InChI=1S/C9H10F3N3O2S/c1-17-6(16)5-2-3-15(4-5)8-13-7(14-18-8)9(10,11)12/h5H,2-4H2,1H3. The minimum atomic E-state index is -4.53. The zero-order valence-electron chi connectivity index (χ0n) is 9.40. The summed E-state index contributed by atoms with van der Waals surface area (Å²) in [6, 6.07) is 0. The number of halogens is 3. The second-order valence-electron chi connectivity index (χ2n) is 3.85. The molecule has 0 spiro atoms. The summed E-state index contributed by atoms with van der Waals surface area (Å²) in [6.07, 6.45) is -3.98. The first-order valence-electron chi connectivity index (χ1n) is 5.15. The predicted octanol–water partition coefficient (Wildman–Crippen LogP) is 1.56. The minimum Gasteiger partial charge on any atom is -0.469 e. The fourth-order valence-corrected chi connectivity index (χ4v) is 2.47. The molecule has 1 aromatic rings. The van der Waals surface area contributed by atoms with Crippen molar-refractivity contribution in [3.05, 3.63) is 5.82 Å². The van der Waals surface area contributed by atoms with E-state index in [2.05, 4.69) is 14.1 Å². The van der Waals surface area contributed by atoms with Gasteiger partial charge in [0.1, 0.15) is 0 Å². The summed E-state index contributed by atoms with van der Waals surface area (Å²) < 4.78 is 44.9. The average molecular weight is 281 g/mol. The number of aromatic nitrogens is 2. The Hall–Kier alpha value is -1.38. The number of alkyl halides is 3. The highest BCUT2D eigenvalue weighted by molar-refractivity contribution is 7.09. The summed E-state index contributed by atoms with van der Waals surface area (Å²) >= 11 is 0.688. The fourth-order valence-electron chi connectivity index (χ4n) is 1.75. The Morgan fingerprint density at radius 3 is 2.83 bits per heavy atom. The molecular weight excluding hydrogens is 271 g/mol. The van der Waals surface area contributed by atoms with Crippen LogP contribution in [0.15, 0.2) is 0 Å². The van der Waals surface area contributed by atoms with E-state index in [0.717, 1.165) is 0 Å². The van der Waals surface area contributed by atoms with E-state index in [1.165, 1.54) is 7.11 Å². The topological polar surface area (TPSA) is 55.3 Å². The molecule has 2 rings (SSSR count). The van der Waals surface area contributed by atoms with Crippen molar-refractivity contribution in [2.24, 2.45) is 5.92 Å². The van der Waals surface area contributed by atoms with Crippen LogP contribution in [0, 0.1) is 5.92 Å². The number of hydrogen-bond donors (Lipinski definition) is 0. The summed E-state index contributed by atoms with van der Waals surface area (Å²) in [7, 11) is 1.29. The van der Waals surface area contributed by atoms with Crippen molar-refractivity contribution in [1.29, 1.82) is 0 Å². The normalized spacial score (nSPS) is 20.2. The molecule has 100 valence electrons. The molecule has 5 nitrogen and oxygen atoms in total. The predicted molar refractivity (Wildman–Crippen MR) is 57.2 cm³/mol. The van der Waals surface area contributed by atoms with Gasteiger partial charge in [0.15, 0.2) is 0 Å². The molecule has 9 heteroatoms. The third-order valence-corrected chi connectivity index (χ3v) is 3.44. The molecule has 0 aromatic carbocycles. The number of esters is 1. The molecule has 0 bridgehead atoms. The van der Waals surface area contributed by atoms with Gasteiger partial charge in [-0.15, -0.1) is 0 Å². The van der Waals surface area contributed by atoms with E-state index >= 15 is 0 Å². The Bertz CT molecular complexity index is 449. The third kappa shape index (κ3) is 2.55. The number of carbonyl (C=O) groups excluding carboxylic acids is 1. The highest BCUT2D eigenvalue weighted by Gasteiger charge is 2.38. The van der Waals surface area contributed by atoms with Crippen LogP contribution < -0.4 is 4.90 Å². The SMILES string of the molecule is COC(=O)C1CCN(c2nc(C(F)(F)F)ns2)C1. The highest BCUT2D eigenvalue weighted by atomic mass is 32.1. The van der Waals surface area contributed by atoms with Crippen molar-refractivity contribution in [2.75, 3.05) is 25.1 Å². The first-order chi connectivity index (χ1) is 8.41. The summed E-state index contributed by atoms with van der Waals surface area (Å²) in [5, 5.41) is 0.189. The first-order valence-corrected chi connectivity index (χ1v) is 5.93. The molecule has 0 amide bonds. The summed E-state index contributed by atoms with van der Waals surface area (Å²) in [4.78, 5) is 16.4. The first kappa shape index (κ1) is 13.1. The smallest absolute Gasteiger partial charge is 0.452 e. The summed E-state index contributed by atoms with van der Waals surface area (Å²) in [5.74, 6) is -1.80. The van der Waals surface area contributed by atoms with Crippen molar-refractivity contribution >= 4 is 22.6 Å². The van der Waals surface area contributed by atoms with Gasteiger partial charge in [0.05, 0.1) is 13.0 Å². The molecule has 2 heterocycles. The molecule has 1 unspecified atom stereocenters. The van der Waals surface area contributed by atoms with Crippen molar-refractivity contribution in [3.63, 3.8) is 0 Å². The second kappa shape index (κ2) is 4.71. The Labute approximate surface area is 105 Å². The molecule has 0 aliphatic carbocycles. The lowest BCUT2D eigenvalue weighted by Crippen LogP contribution is -2.23. The van der Waals surface area contributed by atoms with Crippen molar-refractivity contribution in [1.82, 2.24) is 9.36 Å². The summed E-state index contributed by atoms with van der Waals surface area (Å²) in [5.41, 5.74) is 0. The molecule has 1 atom stereocenters. The molecule has 1 aliphatic heterocycles. The van der Waals surface area contributed by atoms with Gasteiger partial charge in [-0.25, -0.2) is 0 Å². The molecule has 0 N–H and O–H groups in total. The quantitative estimate of drug-likeness (QED) is 0.770. The number of anilines is 1. The van der Waals surface area contributed by atoms with Gasteiger partial charge >= 0.3 is 12.1 Å². The van der Waals surface area contributed by atoms with E-state index in [1.54, 1.807) is 4.90 Å². The van der Waals surface area contributed by atoms with Gasteiger partial charge in [-0.3, -0.25) is 4.79 Å². The van der Waals surface area contributed by atoms with Crippen molar-refractivity contribution in [2.45, 2.75) is 12.6 Å². The van der Waals surface area contributed by atoms with E-state index in [9.17, 15) is 18.0 Å². The molecule has 1 saturated heterocycles. The monoisotopic (exact) mass is 281 g/mol. The molecule has 1 fully saturated rings. The minimum absolute atomic E-state index is 0.189. The number of ether oxygens (including phenoxy) is 1. The Morgan fingerprint density at radius 1 is 1.56 bits per heavy atom. The van der Waals surface area contributed by atoms with Gasteiger partial charge in [-0.1, -0.05) is 0 Å². The lowest BCUT2D eigenvalue weighted by atomic mass is 10.1. The number of methoxy groups -OCH3 is 1. The Morgan fingerprint density at radius 2 is 2.28 bits per heavy atom. The molecule has 0 saturated carbocycles. The average Bonchev–Trinajstić information content (AvgIpc) is 2.94. The highest BCUT2D eigenvalue weighted by Crippen LogP contribution is 2.32. The van der Waals surface area contributed by atoms with Crippen LogP contribution in [0.25, 0.3) is 0 Å². The van der Waals surface area contributed by atoms with Crippen molar-refractivity contribution < 1.29 is 22.7 Å². The van der Waals surface area contributed by atoms with Crippen LogP contribution in [0.2, 0.25) is 0 Å². The van der Waals surface area contributed by atoms with Gasteiger partial charge in [-0.05, 0) is 6.42 Å². The lowest BCUT2D eigenvalue weighted by Gasteiger charge is -2.13. The lowest BCUT2D eigenvalue weighted by molar-refractivity contribution is -0.145. The van der Waals surface area contributed by atoms with Crippen LogP contribution in [0.1, 0.15) is 12.2 Å². The Balaban J connectivity index is 2.06. The summed E-state index contributed by atoms with van der Waals surface area (Å²) in [6.45, 7) is 0.797. The van der Waals surface area contributed by atoms with Crippen LogP contribution in [-0.2, 0) is 15.7 Å². The number of carbonyl (C=O) groups is 1. The molecule has 0 radical (unpaired) electrons. The van der Waals surface area contributed by atoms with Crippen LogP contribution in [0.4, 0.5) is 18.3 Å². The van der Waals surface area contributed by atoms with Gasteiger partial charge in [0, 0.05) is 24.6 Å². The van der Waals surface area contributed by atoms with Gasteiger partial charge in [0.2, 0.25) is 11.0 Å². The zero-order chi connectivity index (χ0) is 13.3. The zero-order valence-corrected chi connectivity index (χ0v) is 10.2. The maximum Gasteiger partial charge on any atom is 0.452 e. The van der Waals surface area contributed by atoms with Crippen molar-refractivity contribution in [3.8, 4) is 0 Å². The number of rotatable bonds is 2. The van der Waals surface area contributed by atoms with Gasteiger partial charge in [-0.2, -0.15) is 22.5 Å². The number of nitrogens with zero attached hydrogens (tertiary/aromatic N) is 3. The van der Waals surface area contributed by atoms with Crippen LogP contribution in [-0.4, -0.2) is 35.5 Å². The van der Waals surface area contributed by atoms with E-state index in [4.69, 9.17) is 0 Å². The molecular formula is C9H10F3N3O2S. The van der Waals surface area contributed by atoms with Crippen LogP contribution in [0.3, 0.4) is 0 Å². The largest absolute Gasteiger partial charge is 0.469 e. The third-order valence-electron chi connectivity index (χ3n) is 2.66. The number of hydrogen-bond acceptors (Lipinski definition) is 6. The van der Waals surface area contributed by atoms with E-state index in [0.29, 0.717) is 31.0 Å². The van der Waals surface area contributed by atoms with Gasteiger partial charge < -0.3 is 9.64 Å². The molecule has 1 aromatic heterocycles. The maximum atomic E-state index is 12.3. The maximum absolute atomic E-state index is 12.3. The van der Waals surface area contributed by atoms with E-state index in [-0.39, 0.29) is 17.0 Å². The van der Waals surface area contributed by atoms with Crippen LogP contribution in [0.5, 0.6) is 0 Å². The van der Waals surface area contributed by atoms with E-state index in [1.807, 2.05) is 0 Å². The van der Waals surface area contributed by atoms with Crippen LogP contribution >= 0.6 is 11.5 Å². The Kier molecular flexibility index (Phi) is 3.42. The molecule has 1 aliphatic rings. The molecule has 18 heavy (non-hydrogen) atoms.